The lowest BCUT2D eigenvalue weighted by molar-refractivity contribution is -0.126. The minimum atomic E-state index is -0.523. The van der Waals surface area contributed by atoms with E-state index in [1.165, 1.54) is 17.3 Å². The quantitative estimate of drug-likeness (QED) is 0.843. The van der Waals surface area contributed by atoms with Crippen molar-refractivity contribution < 1.29 is 9.59 Å². The number of nitrogens with zero attached hydrogens (tertiary/aromatic N) is 3. The van der Waals surface area contributed by atoms with Crippen molar-refractivity contribution in [2.75, 3.05) is 11.9 Å². The highest BCUT2D eigenvalue weighted by atomic mass is 79.9. The van der Waals surface area contributed by atoms with Crippen molar-refractivity contribution in [2.45, 2.75) is 19.9 Å². The first-order valence-electron chi connectivity index (χ1n) is 6.65. The molecule has 1 atom stereocenters. The Labute approximate surface area is 136 Å². The summed E-state index contributed by atoms with van der Waals surface area (Å²) >= 11 is 3.40. The van der Waals surface area contributed by atoms with Crippen LogP contribution in [0.25, 0.3) is 0 Å². The average molecular weight is 366 g/mol. The van der Waals surface area contributed by atoms with Crippen LogP contribution in [0.5, 0.6) is 0 Å². The number of hydrogen-bond donors (Lipinski definition) is 2. The van der Waals surface area contributed by atoms with E-state index in [4.69, 9.17) is 0 Å². The fourth-order valence-electron chi connectivity index (χ4n) is 1.78. The number of halogens is 1. The lowest BCUT2D eigenvalue weighted by atomic mass is 10.2. The molecule has 0 saturated carbocycles. The van der Waals surface area contributed by atoms with Gasteiger partial charge in [-0.15, -0.1) is 0 Å². The summed E-state index contributed by atoms with van der Waals surface area (Å²) in [5.41, 5.74) is 1.70. The van der Waals surface area contributed by atoms with Gasteiger partial charge < -0.3 is 10.6 Å². The SMILES string of the molecule is Cc1cc(NC(=O)CNC(=O)[C@H](C)n2cncn2)ccc1Br. The van der Waals surface area contributed by atoms with E-state index in [9.17, 15) is 9.59 Å². The first-order chi connectivity index (χ1) is 10.5. The van der Waals surface area contributed by atoms with Crippen LogP contribution in [0, 0.1) is 6.92 Å². The van der Waals surface area contributed by atoms with Crippen LogP contribution < -0.4 is 10.6 Å². The van der Waals surface area contributed by atoms with E-state index < -0.39 is 6.04 Å². The molecule has 0 saturated heterocycles. The predicted octanol–water partition coefficient (Wildman–Crippen LogP) is 1.66. The number of carbonyl (C=O) groups is 2. The van der Waals surface area contributed by atoms with Gasteiger partial charge in [-0.3, -0.25) is 9.59 Å². The van der Waals surface area contributed by atoms with Crippen molar-refractivity contribution >= 4 is 33.4 Å². The predicted molar refractivity (Wildman–Crippen MR) is 85.3 cm³/mol. The Morgan fingerprint density at radius 1 is 1.41 bits per heavy atom. The standard InChI is InChI=1S/C14H16BrN5O2/c1-9-5-11(3-4-12(9)15)19-13(21)6-17-14(22)10(2)20-8-16-7-18-20/h3-5,7-8,10H,6H2,1-2H3,(H,17,22)(H,19,21)/t10-/m0/s1. The summed E-state index contributed by atoms with van der Waals surface area (Å²) in [5, 5.41) is 9.19. The summed E-state index contributed by atoms with van der Waals surface area (Å²) in [6.07, 6.45) is 2.81. The summed E-state index contributed by atoms with van der Waals surface area (Å²) < 4.78 is 2.39. The van der Waals surface area contributed by atoms with E-state index >= 15 is 0 Å². The molecule has 0 fully saturated rings. The van der Waals surface area contributed by atoms with Crippen LogP contribution in [0.3, 0.4) is 0 Å². The van der Waals surface area contributed by atoms with Crippen molar-refractivity contribution in [1.29, 1.82) is 0 Å². The third-order valence-corrected chi connectivity index (χ3v) is 3.97. The molecule has 2 amide bonds. The first kappa shape index (κ1) is 16.2. The lowest BCUT2D eigenvalue weighted by Gasteiger charge is -2.12. The van der Waals surface area contributed by atoms with E-state index in [2.05, 4.69) is 36.6 Å². The molecule has 0 radical (unpaired) electrons. The second kappa shape index (κ2) is 7.17. The molecule has 0 aliphatic heterocycles. The Balaban J connectivity index is 1.84. The fourth-order valence-corrected chi connectivity index (χ4v) is 2.03. The number of anilines is 1. The number of hydrogen-bond acceptors (Lipinski definition) is 4. The molecule has 0 unspecified atom stereocenters. The van der Waals surface area contributed by atoms with Crippen molar-refractivity contribution in [3.05, 3.63) is 40.9 Å². The highest BCUT2D eigenvalue weighted by molar-refractivity contribution is 9.10. The molecule has 2 N–H and O–H groups in total. The van der Waals surface area contributed by atoms with Gasteiger partial charge in [-0.05, 0) is 37.6 Å². The van der Waals surface area contributed by atoms with Gasteiger partial charge in [0.15, 0.2) is 0 Å². The van der Waals surface area contributed by atoms with Crippen LogP contribution in [-0.2, 0) is 9.59 Å². The zero-order valence-electron chi connectivity index (χ0n) is 12.2. The molecule has 8 heteroatoms. The maximum atomic E-state index is 11.9. The number of nitrogens with one attached hydrogen (secondary N) is 2. The molecule has 1 aromatic heterocycles. The third kappa shape index (κ3) is 4.14. The van der Waals surface area contributed by atoms with Crippen molar-refractivity contribution in [3.8, 4) is 0 Å². The van der Waals surface area contributed by atoms with Crippen LogP contribution in [-0.4, -0.2) is 33.1 Å². The zero-order chi connectivity index (χ0) is 16.1. The largest absolute Gasteiger partial charge is 0.345 e. The van der Waals surface area contributed by atoms with E-state index in [0.29, 0.717) is 5.69 Å². The van der Waals surface area contributed by atoms with E-state index in [1.54, 1.807) is 13.0 Å². The van der Waals surface area contributed by atoms with Crippen molar-refractivity contribution in [2.24, 2.45) is 0 Å². The van der Waals surface area contributed by atoms with Gasteiger partial charge in [0.25, 0.3) is 0 Å². The van der Waals surface area contributed by atoms with Crippen molar-refractivity contribution in [3.63, 3.8) is 0 Å². The van der Waals surface area contributed by atoms with Gasteiger partial charge in [0, 0.05) is 10.2 Å². The van der Waals surface area contributed by atoms with Gasteiger partial charge in [-0.2, -0.15) is 5.10 Å². The molecule has 2 rings (SSSR count). The zero-order valence-corrected chi connectivity index (χ0v) is 13.8. The van der Waals surface area contributed by atoms with Gasteiger partial charge >= 0.3 is 0 Å². The molecule has 7 nitrogen and oxygen atoms in total. The molecule has 22 heavy (non-hydrogen) atoms. The number of carbonyl (C=O) groups excluding carboxylic acids is 2. The van der Waals surface area contributed by atoms with E-state index in [1.807, 2.05) is 19.1 Å². The molecule has 1 heterocycles. The van der Waals surface area contributed by atoms with Crippen molar-refractivity contribution in [1.82, 2.24) is 20.1 Å². The van der Waals surface area contributed by atoms with E-state index in [-0.39, 0.29) is 18.4 Å². The second-order valence-electron chi connectivity index (χ2n) is 4.78. The normalized spacial score (nSPS) is 11.8. The van der Waals surface area contributed by atoms with Gasteiger partial charge in [-0.1, -0.05) is 15.9 Å². The van der Waals surface area contributed by atoms with Crippen LogP contribution in [0.1, 0.15) is 18.5 Å². The summed E-state index contributed by atoms with van der Waals surface area (Å²) in [6.45, 7) is 3.51. The highest BCUT2D eigenvalue weighted by Gasteiger charge is 2.16. The minimum Gasteiger partial charge on any atom is -0.345 e. The monoisotopic (exact) mass is 365 g/mol. The Hall–Kier alpha value is -2.22. The summed E-state index contributed by atoms with van der Waals surface area (Å²) in [6, 6.07) is 4.97. The van der Waals surface area contributed by atoms with Gasteiger partial charge in [0.05, 0.1) is 6.54 Å². The molecule has 116 valence electrons. The molecule has 0 aliphatic carbocycles. The molecular formula is C14H16BrN5O2. The number of amides is 2. The third-order valence-electron chi connectivity index (χ3n) is 3.08. The fraction of sp³-hybridized carbons (Fsp3) is 0.286. The Morgan fingerprint density at radius 2 is 2.18 bits per heavy atom. The Bertz CT molecular complexity index is 672. The molecular weight excluding hydrogens is 350 g/mol. The average Bonchev–Trinajstić information content (AvgIpc) is 3.02. The highest BCUT2D eigenvalue weighted by Crippen LogP contribution is 2.19. The minimum absolute atomic E-state index is 0.104. The summed E-state index contributed by atoms with van der Waals surface area (Å²) in [4.78, 5) is 27.5. The molecule has 0 spiro atoms. The maximum Gasteiger partial charge on any atom is 0.245 e. The first-order valence-corrected chi connectivity index (χ1v) is 7.44. The summed E-state index contributed by atoms with van der Waals surface area (Å²) in [7, 11) is 0. The molecule has 0 bridgehead atoms. The van der Waals surface area contributed by atoms with Crippen LogP contribution in [0.2, 0.25) is 0 Å². The smallest absolute Gasteiger partial charge is 0.245 e. The number of aryl methyl sites for hydroxylation is 1. The summed E-state index contributed by atoms with van der Waals surface area (Å²) in [5.74, 6) is -0.589. The van der Waals surface area contributed by atoms with Crippen LogP contribution in [0.4, 0.5) is 5.69 Å². The Morgan fingerprint density at radius 3 is 2.82 bits per heavy atom. The lowest BCUT2D eigenvalue weighted by Crippen LogP contribution is -2.37. The molecule has 1 aromatic carbocycles. The van der Waals surface area contributed by atoms with Crippen LogP contribution in [0.15, 0.2) is 35.3 Å². The number of benzene rings is 1. The van der Waals surface area contributed by atoms with E-state index in [0.717, 1.165) is 10.0 Å². The topological polar surface area (TPSA) is 88.9 Å². The van der Waals surface area contributed by atoms with Crippen LogP contribution >= 0.6 is 15.9 Å². The van der Waals surface area contributed by atoms with Gasteiger partial charge in [0.1, 0.15) is 18.7 Å². The Kier molecular flexibility index (Phi) is 5.26. The van der Waals surface area contributed by atoms with Gasteiger partial charge in [-0.25, -0.2) is 9.67 Å². The maximum absolute atomic E-state index is 11.9. The number of aromatic nitrogens is 3. The molecule has 2 aromatic rings. The molecule has 0 aliphatic rings. The van der Waals surface area contributed by atoms with Gasteiger partial charge in [0.2, 0.25) is 11.8 Å². The number of rotatable bonds is 5. The second-order valence-corrected chi connectivity index (χ2v) is 5.64.